The normalized spacial score (nSPS) is 14.5. The van der Waals surface area contributed by atoms with Crippen LogP contribution in [0.3, 0.4) is 0 Å². The van der Waals surface area contributed by atoms with E-state index in [2.05, 4.69) is 5.32 Å². The predicted molar refractivity (Wildman–Crippen MR) is 65.1 cm³/mol. The molecule has 0 heterocycles. The molecule has 0 aliphatic carbocycles. The van der Waals surface area contributed by atoms with Gasteiger partial charge in [-0.05, 0) is 31.2 Å². The van der Waals surface area contributed by atoms with Gasteiger partial charge in [0.05, 0.1) is 10.0 Å². The van der Waals surface area contributed by atoms with E-state index in [1.165, 1.54) is 0 Å². The minimum atomic E-state index is -1.15. The zero-order valence-corrected chi connectivity index (χ0v) is 10.6. The highest BCUT2D eigenvalue weighted by atomic mass is 35.5. The highest BCUT2D eigenvalue weighted by molar-refractivity contribution is 6.42. The van der Waals surface area contributed by atoms with Gasteiger partial charge >= 0.3 is 5.97 Å². The summed E-state index contributed by atoms with van der Waals surface area (Å²) >= 11 is 11.7. The lowest BCUT2D eigenvalue weighted by molar-refractivity contribution is -0.144. The SMILES string of the molecule is CCNC(C)(C(=O)O)c1ccc(Cl)c(Cl)c1. The van der Waals surface area contributed by atoms with Crippen molar-refractivity contribution in [3.05, 3.63) is 33.8 Å². The number of likely N-dealkylation sites (N-methyl/N-ethyl adjacent to an activating group) is 1. The summed E-state index contributed by atoms with van der Waals surface area (Å²) in [4.78, 5) is 11.3. The molecule has 0 aromatic heterocycles. The molecule has 0 amide bonds. The number of nitrogens with one attached hydrogen (secondary N) is 1. The molecule has 2 N–H and O–H groups in total. The van der Waals surface area contributed by atoms with Crippen LogP contribution in [0.15, 0.2) is 18.2 Å². The first-order valence-corrected chi connectivity index (χ1v) is 5.61. The van der Waals surface area contributed by atoms with Gasteiger partial charge in [0.25, 0.3) is 0 Å². The molecule has 5 heteroatoms. The van der Waals surface area contributed by atoms with E-state index in [0.717, 1.165) is 0 Å². The number of benzene rings is 1. The summed E-state index contributed by atoms with van der Waals surface area (Å²) in [5.41, 5.74) is -0.570. The minimum absolute atomic E-state index is 0.351. The number of hydrogen-bond donors (Lipinski definition) is 2. The topological polar surface area (TPSA) is 49.3 Å². The second-order valence-electron chi connectivity index (χ2n) is 3.59. The smallest absolute Gasteiger partial charge is 0.328 e. The van der Waals surface area contributed by atoms with Gasteiger partial charge in [0, 0.05) is 0 Å². The van der Waals surface area contributed by atoms with Gasteiger partial charge < -0.3 is 5.11 Å². The van der Waals surface area contributed by atoms with Gasteiger partial charge in [0.1, 0.15) is 5.54 Å². The fraction of sp³-hybridized carbons (Fsp3) is 0.364. The first-order chi connectivity index (χ1) is 7.41. The first kappa shape index (κ1) is 13.3. The molecule has 0 spiro atoms. The maximum absolute atomic E-state index is 11.3. The summed E-state index contributed by atoms with van der Waals surface area (Å²) < 4.78 is 0. The number of aliphatic carboxylic acids is 1. The van der Waals surface area contributed by atoms with Crippen molar-refractivity contribution in [1.29, 1.82) is 0 Å². The van der Waals surface area contributed by atoms with Gasteiger partial charge in [-0.3, -0.25) is 5.32 Å². The fourth-order valence-corrected chi connectivity index (χ4v) is 1.76. The van der Waals surface area contributed by atoms with Crippen LogP contribution < -0.4 is 5.32 Å². The van der Waals surface area contributed by atoms with Crippen LogP contribution in [-0.2, 0) is 10.3 Å². The summed E-state index contributed by atoms with van der Waals surface area (Å²) in [7, 11) is 0. The van der Waals surface area contributed by atoms with Crippen LogP contribution >= 0.6 is 23.2 Å². The van der Waals surface area contributed by atoms with Crippen LogP contribution in [0.25, 0.3) is 0 Å². The van der Waals surface area contributed by atoms with Crippen molar-refractivity contribution in [2.45, 2.75) is 19.4 Å². The van der Waals surface area contributed by atoms with Gasteiger partial charge in [-0.1, -0.05) is 36.2 Å². The molecule has 88 valence electrons. The zero-order chi connectivity index (χ0) is 12.3. The maximum atomic E-state index is 11.3. The largest absolute Gasteiger partial charge is 0.480 e. The summed E-state index contributed by atoms with van der Waals surface area (Å²) in [6, 6.07) is 4.82. The molecule has 1 aromatic rings. The number of rotatable bonds is 4. The lowest BCUT2D eigenvalue weighted by Crippen LogP contribution is -2.46. The number of carboxylic acids is 1. The molecule has 0 bridgehead atoms. The molecule has 1 atom stereocenters. The van der Waals surface area contributed by atoms with Crippen molar-refractivity contribution in [1.82, 2.24) is 5.32 Å². The Bertz CT molecular complexity index is 409. The Balaban J connectivity index is 3.21. The molecule has 1 aromatic carbocycles. The summed E-state index contributed by atoms with van der Waals surface area (Å²) in [6.45, 7) is 3.99. The molecule has 0 saturated heterocycles. The Morgan fingerprint density at radius 2 is 2.06 bits per heavy atom. The lowest BCUT2D eigenvalue weighted by atomic mass is 9.92. The molecule has 1 rings (SSSR count). The van der Waals surface area contributed by atoms with Crippen LogP contribution in [-0.4, -0.2) is 17.6 Å². The highest BCUT2D eigenvalue weighted by Crippen LogP contribution is 2.28. The Labute approximate surface area is 104 Å². The number of carboxylic acid groups (broad SMARTS) is 1. The summed E-state index contributed by atoms with van der Waals surface area (Å²) in [5, 5.41) is 12.9. The molecule has 0 saturated carbocycles. The Kier molecular flexibility index (Phi) is 4.19. The number of carbonyl (C=O) groups is 1. The van der Waals surface area contributed by atoms with Gasteiger partial charge in [-0.25, -0.2) is 4.79 Å². The van der Waals surface area contributed by atoms with Crippen molar-refractivity contribution in [2.24, 2.45) is 0 Å². The van der Waals surface area contributed by atoms with Crippen LogP contribution in [0.5, 0.6) is 0 Å². The number of halogens is 2. The quantitative estimate of drug-likeness (QED) is 0.877. The lowest BCUT2D eigenvalue weighted by Gasteiger charge is -2.26. The van der Waals surface area contributed by atoms with Crippen molar-refractivity contribution in [3.8, 4) is 0 Å². The van der Waals surface area contributed by atoms with Crippen LogP contribution in [0.1, 0.15) is 19.4 Å². The van der Waals surface area contributed by atoms with Gasteiger partial charge in [-0.2, -0.15) is 0 Å². The molecule has 0 fully saturated rings. The van der Waals surface area contributed by atoms with E-state index in [-0.39, 0.29) is 0 Å². The number of hydrogen-bond acceptors (Lipinski definition) is 2. The third-order valence-corrected chi connectivity index (χ3v) is 3.19. The average Bonchev–Trinajstić information content (AvgIpc) is 2.22. The molecule has 1 unspecified atom stereocenters. The van der Waals surface area contributed by atoms with Gasteiger partial charge in [-0.15, -0.1) is 0 Å². The predicted octanol–water partition coefficient (Wildman–Crippen LogP) is 2.90. The second-order valence-corrected chi connectivity index (χ2v) is 4.40. The molecule has 0 aliphatic heterocycles. The van der Waals surface area contributed by atoms with Gasteiger partial charge in [0.2, 0.25) is 0 Å². The Morgan fingerprint density at radius 3 is 2.50 bits per heavy atom. The minimum Gasteiger partial charge on any atom is -0.480 e. The van der Waals surface area contributed by atoms with E-state index in [0.29, 0.717) is 22.2 Å². The van der Waals surface area contributed by atoms with Crippen molar-refractivity contribution in [2.75, 3.05) is 6.54 Å². The third kappa shape index (κ3) is 2.48. The Hall–Kier alpha value is -0.770. The van der Waals surface area contributed by atoms with E-state index in [9.17, 15) is 9.90 Å². The zero-order valence-electron chi connectivity index (χ0n) is 9.05. The van der Waals surface area contributed by atoms with Gasteiger partial charge in [0.15, 0.2) is 0 Å². The standard InChI is InChI=1S/C11H13Cl2NO2/c1-3-14-11(2,10(15)16)7-4-5-8(12)9(13)6-7/h4-6,14H,3H2,1-2H3,(H,15,16). The Morgan fingerprint density at radius 1 is 1.44 bits per heavy atom. The molecular weight excluding hydrogens is 249 g/mol. The average molecular weight is 262 g/mol. The fourth-order valence-electron chi connectivity index (χ4n) is 1.46. The monoisotopic (exact) mass is 261 g/mol. The maximum Gasteiger partial charge on any atom is 0.328 e. The van der Waals surface area contributed by atoms with E-state index in [1.807, 2.05) is 6.92 Å². The molecule has 0 aliphatic rings. The van der Waals surface area contributed by atoms with Crippen LogP contribution in [0, 0.1) is 0 Å². The molecular formula is C11H13Cl2NO2. The van der Waals surface area contributed by atoms with E-state index >= 15 is 0 Å². The van der Waals surface area contributed by atoms with Crippen LogP contribution in [0.4, 0.5) is 0 Å². The first-order valence-electron chi connectivity index (χ1n) is 4.85. The molecule has 16 heavy (non-hydrogen) atoms. The van der Waals surface area contributed by atoms with Crippen molar-refractivity contribution < 1.29 is 9.90 Å². The molecule has 0 radical (unpaired) electrons. The van der Waals surface area contributed by atoms with E-state index in [1.54, 1.807) is 25.1 Å². The third-order valence-electron chi connectivity index (χ3n) is 2.46. The van der Waals surface area contributed by atoms with E-state index < -0.39 is 11.5 Å². The molecule has 3 nitrogen and oxygen atoms in total. The summed E-state index contributed by atoms with van der Waals surface area (Å²) in [6.07, 6.45) is 0. The van der Waals surface area contributed by atoms with E-state index in [4.69, 9.17) is 23.2 Å². The second kappa shape index (κ2) is 5.04. The highest BCUT2D eigenvalue weighted by Gasteiger charge is 2.34. The van der Waals surface area contributed by atoms with Crippen molar-refractivity contribution in [3.63, 3.8) is 0 Å². The van der Waals surface area contributed by atoms with Crippen molar-refractivity contribution >= 4 is 29.2 Å². The summed E-state index contributed by atoms with van der Waals surface area (Å²) in [5.74, 6) is -0.951. The van der Waals surface area contributed by atoms with Crippen LogP contribution in [0.2, 0.25) is 10.0 Å².